The molecular formula is C15H23FN2S. The molecule has 1 fully saturated rings. The van der Waals surface area contributed by atoms with Crippen molar-refractivity contribution in [3.8, 4) is 0 Å². The Morgan fingerprint density at radius 2 is 2.26 bits per heavy atom. The van der Waals surface area contributed by atoms with Crippen LogP contribution in [0.25, 0.3) is 0 Å². The molecule has 0 aliphatic heterocycles. The molecule has 106 valence electrons. The number of pyridine rings is 1. The van der Waals surface area contributed by atoms with E-state index < -0.39 is 0 Å². The van der Waals surface area contributed by atoms with Gasteiger partial charge >= 0.3 is 0 Å². The Morgan fingerprint density at radius 3 is 2.89 bits per heavy atom. The molecule has 0 aromatic carbocycles. The summed E-state index contributed by atoms with van der Waals surface area (Å²) in [5.74, 6) is 0.938. The van der Waals surface area contributed by atoms with E-state index in [1.54, 1.807) is 6.07 Å². The van der Waals surface area contributed by atoms with Crippen LogP contribution in [0.4, 0.5) is 4.39 Å². The second-order valence-electron chi connectivity index (χ2n) is 5.12. The number of nitrogens with zero attached hydrogens (tertiary/aromatic N) is 1. The molecule has 1 aromatic heterocycles. The van der Waals surface area contributed by atoms with Gasteiger partial charge in [-0.25, -0.2) is 4.39 Å². The Bertz CT molecular complexity index is 382. The highest BCUT2D eigenvalue weighted by Crippen LogP contribution is 2.31. The molecule has 4 heteroatoms. The van der Waals surface area contributed by atoms with Crippen LogP contribution in [-0.4, -0.2) is 22.0 Å². The summed E-state index contributed by atoms with van der Waals surface area (Å²) in [5.41, 5.74) is 0.954. The lowest BCUT2D eigenvalue weighted by Gasteiger charge is -2.21. The summed E-state index contributed by atoms with van der Waals surface area (Å²) < 4.78 is 12.9. The monoisotopic (exact) mass is 282 g/mol. The van der Waals surface area contributed by atoms with Gasteiger partial charge in [-0.3, -0.25) is 4.98 Å². The molecule has 1 N–H and O–H groups in total. The minimum absolute atomic E-state index is 0.246. The van der Waals surface area contributed by atoms with Gasteiger partial charge in [0, 0.05) is 17.3 Å². The number of hydrogen-bond acceptors (Lipinski definition) is 3. The van der Waals surface area contributed by atoms with Gasteiger partial charge in [-0.15, -0.1) is 0 Å². The van der Waals surface area contributed by atoms with Gasteiger partial charge < -0.3 is 5.32 Å². The molecule has 0 saturated heterocycles. The summed E-state index contributed by atoms with van der Waals surface area (Å²) in [7, 11) is 0. The van der Waals surface area contributed by atoms with E-state index >= 15 is 0 Å². The maximum Gasteiger partial charge on any atom is 0.141 e. The fraction of sp³-hybridized carbons (Fsp3) is 0.667. The summed E-state index contributed by atoms with van der Waals surface area (Å²) >= 11 is 2.07. The van der Waals surface area contributed by atoms with Crippen LogP contribution in [0.3, 0.4) is 0 Å². The van der Waals surface area contributed by atoms with Crippen LogP contribution >= 0.6 is 11.8 Å². The lowest BCUT2D eigenvalue weighted by molar-refractivity contribution is 0.423. The maximum absolute atomic E-state index is 12.9. The third-order valence-corrected chi connectivity index (χ3v) is 4.97. The van der Waals surface area contributed by atoms with Crippen molar-refractivity contribution in [2.24, 2.45) is 0 Å². The summed E-state index contributed by atoms with van der Waals surface area (Å²) in [5, 5.41) is 4.50. The average molecular weight is 282 g/mol. The van der Waals surface area contributed by atoms with Crippen molar-refractivity contribution in [3.63, 3.8) is 0 Å². The molecule has 1 saturated carbocycles. The first-order valence-electron chi connectivity index (χ1n) is 7.22. The predicted molar refractivity (Wildman–Crippen MR) is 79.9 cm³/mol. The summed E-state index contributed by atoms with van der Waals surface area (Å²) in [6, 6.07) is 4.12. The molecule has 0 spiro atoms. The van der Waals surface area contributed by atoms with Gasteiger partial charge in [-0.05, 0) is 43.6 Å². The second-order valence-corrected chi connectivity index (χ2v) is 6.69. The summed E-state index contributed by atoms with van der Waals surface area (Å²) in [4.78, 5) is 4.20. The SMILES string of the molecule is CCSC1CCC(NC(CC)c2ccc(F)cn2)C1. The van der Waals surface area contributed by atoms with Crippen LogP contribution < -0.4 is 5.32 Å². The first-order valence-corrected chi connectivity index (χ1v) is 8.26. The number of aromatic nitrogens is 1. The van der Waals surface area contributed by atoms with Crippen molar-refractivity contribution in [1.29, 1.82) is 0 Å². The van der Waals surface area contributed by atoms with Crippen molar-refractivity contribution in [2.45, 2.75) is 56.9 Å². The topological polar surface area (TPSA) is 24.9 Å². The van der Waals surface area contributed by atoms with Crippen molar-refractivity contribution in [1.82, 2.24) is 10.3 Å². The third kappa shape index (κ3) is 4.18. The molecule has 3 unspecified atom stereocenters. The number of halogens is 1. The van der Waals surface area contributed by atoms with Gasteiger partial charge in [-0.2, -0.15) is 11.8 Å². The smallest absolute Gasteiger partial charge is 0.141 e. The number of nitrogens with one attached hydrogen (secondary N) is 1. The van der Waals surface area contributed by atoms with Gasteiger partial charge in [0.05, 0.1) is 11.9 Å². The van der Waals surface area contributed by atoms with Gasteiger partial charge in [0.25, 0.3) is 0 Å². The van der Waals surface area contributed by atoms with Gasteiger partial charge in [0.15, 0.2) is 0 Å². The van der Waals surface area contributed by atoms with E-state index in [1.807, 2.05) is 0 Å². The van der Waals surface area contributed by atoms with E-state index in [4.69, 9.17) is 0 Å². The van der Waals surface area contributed by atoms with E-state index in [-0.39, 0.29) is 11.9 Å². The zero-order valence-corrected chi connectivity index (χ0v) is 12.5. The zero-order valence-electron chi connectivity index (χ0n) is 11.7. The first-order chi connectivity index (χ1) is 9.22. The minimum atomic E-state index is -0.265. The van der Waals surface area contributed by atoms with E-state index in [9.17, 15) is 4.39 Å². The minimum Gasteiger partial charge on any atom is -0.306 e. The number of thioether (sulfide) groups is 1. The van der Waals surface area contributed by atoms with Crippen molar-refractivity contribution in [2.75, 3.05) is 5.75 Å². The van der Waals surface area contributed by atoms with Gasteiger partial charge in [0.1, 0.15) is 5.82 Å². The highest BCUT2D eigenvalue weighted by atomic mass is 32.2. The Hall–Kier alpha value is -0.610. The molecule has 0 amide bonds. The molecule has 1 aliphatic rings. The highest BCUT2D eigenvalue weighted by molar-refractivity contribution is 7.99. The molecule has 2 nitrogen and oxygen atoms in total. The Labute approximate surface area is 119 Å². The van der Waals surface area contributed by atoms with Crippen molar-refractivity contribution < 1.29 is 4.39 Å². The predicted octanol–water partition coefficient (Wildman–Crippen LogP) is 3.94. The lowest BCUT2D eigenvalue weighted by atomic mass is 10.1. The Kier molecular flexibility index (Phi) is 5.64. The molecular weight excluding hydrogens is 259 g/mol. The fourth-order valence-electron chi connectivity index (χ4n) is 2.77. The fourth-order valence-corrected chi connectivity index (χ4v) is 3.91. The highest BCUT2D eigenvalue weighted by Gasteiger charge is 2.26. The van der Waals surface area contributed by atoms with Crippen molar-refractivity contribution >= 4 is 11.8 Å². The molecule has 0 bridgehead atoms. The summed E-state index contributed by atoms with van der Waals surface area (Å²) in [6.45, 7) is 4.37. The van der Waals surface area contributed by atoms with E-state index in [0.717, 1.165) is 17.4 Å². The van der Waals surface area contributed by atoms with Crippen LogP contribution in [-0.2, 0) is 0 Å². The van der Waals surface area contributed by atoms with Crippen LogP contribution in [0.5, 0.6) is 0 Å². The third-order valence-electron chi connectivity index (χ3n) is 3.74. The Balaban J connectivity index is 1.91. The quantitative estimate of drug-likeness (QED) is 0.855. The van der Waals surface area contributed by atoms with E-state index in [2.05, 4.69) is 35.9 Å². The molecule has 3 atom stereocenters. The first kappa shape index (κ1) is 14.8. The molecule has 0 radical (unpaired) electrons. The standard InChI is InChI=1S/C15H23FN2S/c1-3-14(15-8-5-11(16)10-17-15)18-12-6-7-13(9-12)19-4-2/h5,8,10,12-14,18H,3-4,6-7,9H2,1-2H3. The number of rotatable bonds is 6. The second kappa shape index (κ2) is 7.25. The molecule has 1 aromatic rings. The summed E-state index contributed by atoms with van der Waals surface area (Å²) in [6.07, 6.45) is 6.10. The van der Waals surface area contributed by atoms with E-state index in [1.165, 1.54) is 37.3 Å². The zero-order chi connectivity index (χ0) is 13.7. The maximum atomic E-state index is 12.9. The van der Waals surface area contributed by atoms with E-state index in [0.29, 0.717) is 6.04 Å². The van der Waals surface area contributed by atoms with Crippen LogP contribution in [0, 0.1) is 5.82 Å². The molecule has 1 aliphatic carbocycles. The largest absolute Gasteiger partial charge is 0.306 e. The number of hydrogen-bond donors (Lipinski definition) is 1. The van der Waals surface area contributed by atoms with Crippen molar-refractivity contribution in [3.05, 3.63) is 29.8 Å². The Morgan fingerprint density at radius 1 is 1.42 bits per heavy atom. The van der Waals surface area contributed by atoms with Crippen LogP contribution in [0.15, 0.2) is 18.3 Å². The van der Waals surface area contributed by atoms with Gasteiger partial charge in [0.2, 0.25) is 0 Å². The normalized spacial score (nSPS) is 24.6. The van der Waals surface area contributed by atoms with Crippen LogP contribution in [0.1, 0.15) is 51.3 Å². The lowest BCUT2D eigenvalue weighted by Crippen LogP contribution is -2.31. The molecule has 1 heterocycles. The molecule has 2 rings (SSSR count). The van der Waals surface area contributed by atoms with Gasteiger partial charge in [-0.1, -0.05) is 13.8 Å². The molecule has 19 heavy (non-hydrogen) atoms. The average Bonchev–Trinajstić information content (AvgIpc) is 2.85. The van der Waals surface area contributed by atoms with Crippen LogP contribution in [0.2, 0.25) is 0 Å².